The van der Waals surface area contributed by atoms with Gasteiger partial charge < -0.3 is 25.0 Å². The molecule has 1 aromatic heterocycles. The van der Waals surface area contributed by atoms with Crippen LogP contribution in [0.15, 0.2) is 42.5 Å². The van der Waals surface area contributed by atoms with Gasteiger partial charge in [0.15, 0.2) is 5.82 Å². The highest BCUT2D eigenvalue weighted by Gasteiger charge is 2.45. The van der Waals surface area contributed by atoms with Crippen molar-refractivity contribution in [3.05, 3.63) is 54.1 Å². The van der Waals surface area contributed by atoms with Crippen LogP contribution in [-0.4, -0.2) is 71.9 Å². The van der Waals surface area contributed by atoms with E-state index in [-0.39, 0.29) is 45.4 Å². The average molecular weight is 574 g/mol. The van der Waals surface area contributed by atoms with E-state index in [1.165, 1.54) is 12.1 Å². The average Bonchev–Trinajstić information content (AvgIpc) is 3.65. The number of halogens is 2. The summed E-state index contributed by atoms with van der Waals surface area (Å²) in [5.74, 6) is -1.07. The fourth-order valence-corrected chi connectivity index (χ4v) is 7.16. The maximum atomic E-state index is 16.7. The molecule has 2 N–H and O–H groups in total. The van der Waals surface area contributed by atoms with Gasteiger partial charge in [0.1, 0.15) is 22.9 Å². The Morgan fingerprint density at radius 2 is 1.90 bits per heavy atom. The van der Waals surface area contributed by atoms with Crippen LogP contribution in [0.2, 0.25) is 0 Å². The maximum Gasteiger partial charge on any atom is 0.319 e. The number of phenols is 1. The van der Waals surface area contributed by atoms with E-state index in [9.17, 15) is 5.11 Å². The molecule has 220 valence electrons. The lowest BCUT2D eigenvalue weighted by Gasteiger charge is -2.42. The molecular formula is C33H37F2N5O2. The van der Waals surface area contributed by atoms with E-state index in [4.69, 9.17) is 9.72 Å². The number of nitrogens with one attached hydrogen (secondary N) is 1. The molecule has 3 aliphatic rings. The molecule has 1 saturated carbocycles. The summed E-state index contributed by atoms with van der Waals surface area (Å²) in [6.07, 6.45) is 5.18. The molecule has 2 aliphatic heterocycles. The number of ether oxygens (including phenoxy) is 1. The highest BCUT2D eigenvalue weighted by Crippen LogP contribution is 2.47. The van der Waals surface area contributed by atoms with Gasteiger partial charge in [0.25, 0.3) is 0 Å². The van der Waals surface area contributed by atoms with Crippen LogP contribution in [0, 0.1) is 17.0 Å². The summed E-state index contributed by atoms with van der Waals surface area (Å²) >= 11 is 0. The van der Waals surface area contributed by atoms with Crippen molar-refractivity contribution in [1.29, 1.82) is 0 Å². The molecule has 7 nitrogen and oxygen atoms in total. The Bertz CT molecular complexity index is 1690. The van der Waals surface area contributed by atoms with E-state index < -0.39 is 11.6 Å². The molecule has 1 aliphatic carbocycles. The molecule has 3 aromatic carbocycles. The van der Waals surface area contributed by atoms with Crippen LogP contribution >= 0.6 is 0 Å². The molecule has 4 aromatic rings. The summed E-state index contributed by atoms with van der Waals surface area (Å²) in [4.78, 5) is 13.7. The van der Waals surface area contributed by atoms with Crippen LogP contribution in [0.4, 0.5) is 14.6 Å². The lowest BCUT2D eigenvalue weighted by molar-refractivity contribution is 0.183. The number of rotatable bonds is 8. The monoisotopic (exact) mass is 573 g/mol. The molecule has 3 heterocycles. The molecule has 9 heteroatoms. The Morgan fingerprint density at radius 3 is 2.67 bits per heavy atom. The number of fused-ring (bicyclic) bond motifs is 4. The zero-order valence-corrected chi connectivity index (χ0v) is 24.4. The molecular weight excluding hydrogens is 536 g/mol. The van der Waals surface area contributed by atoms with Gasteiger partial charge in [-0.05, 0) is 80.7 Å². The fraction of sp³-hybridized carbons (Fsp3) is 0.455. The molecule has 2 atom stereocenters. The zero-order chi connectivity index (χ0) is 29.2. The Morgan fingerprint density at radius 1 is 1.10 bits per heavy atom. The SMILES string of the molecule is CCC12CCC(CN(c3nc(OCC4(CN(C)C)CC4)nc4c(F)c(-c5cc(O)cc6ccccc56)c(F)cc34)C1)N2. The molecule has 0 amide bonds. The Kier molecular flexibility index (Phi) is 6.51. The third-order valence-corrected chi connectivity index (χ3v) is 9.47. The molecule has 0 radical (unpaired) electrons. The topological polar surface area (TPSA) is 73.8 Å². The van der Waals surface area contributed by atoms with Crippen LogP contribution in [-0.2, 0) is 0 Å². The van der Waals surface area contributed by atoms with Crippen LogP contribution in [0.1, 0.15) is 39.0 Å². The minimum Gasteiger partial charge on any atom is -0.508 e. The van der Waals surface area contributed by atoms with Gasteiger partial charge in [-0.2, -0.15) is 9.97 Å². The predicted octanol–water partition coefficient (Wildman–Crippen LogP) is 5.88. The summed E-state index contributed by atoms with van der Waals surface area (Å²) in [6.45, 7) is 4.89. The summed E-state index contributed by atoms with van der Waals surface area (Å²) in [5.41, 5.74) is 0.0607. The third kappa shape index (κ3) is 4.72. The summed E-state index contributed by atoms with van der Waals surface area (Å²) in [7, 11) is 4.09. The quantitative estimate of drug-likeness (QED) is 0.273. The standard InChI is InChI=1S/C33H37F2N5O2/c1-4-33-10-9-21(38-33)16-40(18-33)30-25-15-26(34)27(24-14-22(41)13-20-7-5-6-8-23(20)24)28(35)29(25)36-31(37-30)42-19-32(11-12-32)17-39(2)3/h5-8,13-15,21,38,41H,4,9-12,16-19H2,1-3H3. The fourth-order valence-electron chi connectivity index (χ4n) is 7.16. The predicted molar refractivity (Wildman–Crippen MR) is 161 cm³/mol. The van der Waals surface area contributed by atoms with Crippen LogP contribution in [0.3, 0.4) is 0 Å². The van der Waals surface area contributed by atoms with Crippen LogP contribution < -0.4 is 15.0 Å². The number of anilines is 1. The highest BCUT2D eigenvalue weighted by atomic mass is 19.1. The summed E-state index contributed by atoms with van der Waals surface area (Å²) in [6, 6.07) is 12.0. The first-order valence-corrected chi connectivity index (χ1v) is 14.9. The van der Waals surface area contributed by atoms with Gasteiger partial charge in [-0.1, -0.05) is 31.2 Å². The van der Waals surface area contributed by atoms with Crippen molar-refractivity contribution in [2.75, 3.05) is 45.2 Å². The Labute approximate surface area is 244 Å². The number of piperazine rings is 1. The lowest BCUT2D eigenvalue weighted by Crippen LogP contribution is -2.59. The molecule has 2 unspecified atom stereocenters. The first kappa shape index (κ1) is 27.3. The Hall–Kier alpha value is -3.56. The van der Waals surface area contributed by atoms with Gasteiger partial charge in [-0.15, -0.1) is 0 Å². The van der Waals surface area contributed by atoms with E-state index in [0.29, 0.717) is 41.7 Å². The van der Waals surface area contributed by atoms with Crippen LogP contribution in [0.25, 0.3) is 32.8 Å². The Balaban J connectivity index is 1.38. The van der Waals surface area contributed by atoms with Crippen molar-refractivity contribution in [2.24, 2.45) is 5.41 Å². The number of aromatic hydroxyl groups is 1. The van der Waals surface area contributed by atoms with Crippen molar-refractivity contribution in [1.82, 2.24) is 20.2 Å². The van der Waals surface area contributed by atoms with Crippen molar-refractivity contribution in [2.45, 2.75) is 50.6 Å². The third-order valence-electron chi connectivity index (χ3n) is 9.47. The van der Waals surface area contributed by atoms with Gasteiger partial charge in [0.2, 0.25) is 0 Å². The van der Waals surface area contributed by atoms with E-state index >= 15 is 8.78 Å². The number of benzene rings is 3. The number of nitrogens with zero attached hydrogens (tertiary/aromatic N) is 4. The van der Waals surface area contributed by atoms with Crippen molar-refractivity contribution in [3.8, 4) is 22.9 Å². The first-order valence-electron chi connectivity index (χ1n) is 14.9. The van der Waals surface area contributed by atoms with Crippen LogP contribution in [0.5, 0.6) is 11.8 Å². The number of aromatic nitrogens is 2. The molecule has 2 saturated heterocycles. The van der Waals surface area contributed by atoms with Crippen molar-refractivity contribution in [3.63, 3.8) is 0 Å². The van der Waals surface area contributed by atoms with Gasteiger partial charge in [0.05, 0.1) is 12.2 Å². The highest BCUT2D eigenvalue weighted by molar-refractivity contribution is 6.01. The molecule has 0 spiro atoms. The molecule has 2 bridgehead atoms. The summed E-state index contributed by atoms with van der Waals surface area (Å²) < 4.78 is 39.0. The minimum atomic E-state index is -0.785. The van der Waals surface area contributed by atoms with Crippen molar-refractivity contribution >= 4 is 27.5 Å². The normalized spacial score (nSPS) is 22.8. The summed E-state index contributed by atoms with van der Waals surface area (Å²) in [5, 5.41) is 15.9. The van der Waals surface area contributed by atoms with E-state index in [0.717, 1.165) is 38.6 Å². The van der Waals surface area contributed by atoms with Gasteiger partial charge >= 0.3 is 6.01 Å². The minimum absolute atomic E-state index is 0.0210. The smallest absolute Gasteiger partial charge is 0.319 e. The zero-order valence-electron chi connectivity index (χ0n) is 24.4. The second kappa shape index (κ2) is 10.0. The lowest BCUT2D eigenvalue weighted by atomic mass is 9.93. The van der Waals surface area contributed by atoms with E-state index in [1.54, 1.807) is 12.1 Å². The first-order chi connectivity index (χ1) is 20.2. The van der Waals surface area contributed by atoms with E-state index in [1.807, 2.05) is 32.3 Å². The molecule has 42 heavy (non-hydrogen) atoms. The second-order valence-corrected chi connectivity index (χ2v) is 12.9. The molecule has 7 rings (SSSR count). The maximum absolute atomic E-state index is 16.7. The second-order valence-electron chi connectivity index (χ2n) is 12.9. The van der Waals surface area contributed by atoms with E-state index in [2.05, 4.69) is 27.0 Å². The number of hydrogen-bond acceptors (Lipinski definition) is 7. The number of hydrogen-bond donors (Lipinski definition) is 2. The molecule has 3 fully saturated rings. The van der Waals surface area contributed by atoms with Gasteiger partial charge in [0, 0.05) is 42.0 Å². The number of phenolic OH excluding ortho intramolecular Hbond substituents is 1. The van der Waals surface area contributed by atoms with Crippen molar-refractivity contribution < 1.29 is 18.6 Å². The van der Waals surface area contributed by atoms with Gasteiger partial charge in [-0.25, -0.2) is 8.78 Å². The largest absolute Gasteiger partial charge is 0.508 e. The van der Waals surface area contributed by atoms with Gasteiger partial charge in [-0.3, -0.25) is 0 Å².